The highest BCUT2D eigenvalue weighted by Gasteiger charge is 2.19. The Morgan fingerprint density at radius 1 is 1.50 bits per heavy atom. The molecule has 0 amide bonds. The van der Waals surface area contributed by atoms with E-state index in [1.807, 2.05) is 0 Å². The van der Waals surface area contributed by atoms with Gasteiger partial charge >= 0.3 is 5.97 Å². The van der Waals surface area contributed by atoms with Crippen LogP contribution in [0.4, 0.5) is 0 Å². The second-order valence-corrected chi connectivity index (χ2v) is 3.36. The van der Waals surface area contributed by atoms with Gasteiger partial charge in [-0.1, -0.05) is 0 Å². The maximum atomic E-state index is 10.7. The van der Waals surface area contributed by atoms with Crippen molar-refractivity contribution in [3.05, 3.63) is 29.6 Å². The number of aliphatic hydroxyl groups excluding tert-OH is 2. The molecule has 1 aromatic rings. The Morgan fingerprint density at radius 2 is 2.19 bits per heavy atom. The van der Waals surface area contributed by atoms with E-state index in [0.29, 0.717) is 0 Å². The smallest absolute Gasteiger partial charge is 0.335 e. The fraction of sp³-hybridized carbons (Fsp3) is 0.400. The van der Waals surface area contributed by atoms with Gasteiger partial charge in [-0.3, -0.25) is 4.98 Å². The fourth-order valence-electron chi connectivity index (χ4n) is 1.27. The zero-order valence-corrected chi connectivity index (χ0v) is 8.58. The molecule has 0 aromatic carbocycles. The molecule has 2 atom stereocenters. The number of aliphatic hydroxyl groups is 2. The summed E-state index contributed by atoms with van der Waals surface area (Å²) in [5.74, 6) is -1.11. The molecule has 16 heavy (non-hydrogen) atoms. The first kappa shape index (κ1) is 12.6. The fourth-order valence-corrected chi connectivity index (χ4v) is 1.27. The van der Waals surface area contributed by atoms with E-state index in [-0.39, 0.29) is 24.2 Å². The molecule has 1 rings (SSSR count). The van der Waals surface area contributed by atoms with Gasteiger partial charge in [-0.15, -0.1) is 0 Å². The molecule has 88 valence electrons. The summed E-state index contributed by atoms with van der Waals surface area (Å²) in [6, 6.07) is 2.54. The highest BCUT2D eigenvalue weighted by molar-refractivity contribution is 5.87. The number of aromatic nitrogens is 1. The maximum Gasteiger partial charge on any atom is 0.335 e. The van der Waals surface area contributed by atoms with Crippen molar-refractivity contribution in [3.8, 4) is 0 Å². The van der Waals surface area contributed by atoms with Gasteiger partial charge in [0.05, 0.1) is 17.4 Å². The molecule has 0 radical (unpaired) electrons. The van der Waals surface area contributed by atoms with Crippen molar-refractivity contribution in [1.29, 1.82) is 0 Å². The van der Waals surface area contributed by atoms with Crippen molar-refractivity contribution in [1.82, 2.24) is 4.98 Å². The van der Waals surface area contributed by atoms with E-state index in [9.17, 15) is 15.0 Å². The lowest BCUT2D eigenvalue weighted by molar-refractivity contribution is 0.0124. The molecule has 6 nitrogen and oxygen atoms in total. The number of hydrogen-bond acceptors (Lipinski definition) is 5. The molecule has 0 saturated carbocycles. The average Bonchev–Trinajstić information content (AvgIpc) is 2.28. The van der Waals surface area contributed by atoms with Crippen LogP contribution in [0.1, 0.15) is 28.6 Å². The van der Waals surface area contributed by atoms with Gasteiger partial charge in [0, 0.05) is 6.20 Å². The molecule has 2 unspecified atom stereocenters. The second-order valence-electron chi connectivity index (χ2n) is 3.36. The van der Waals surface area contributed by atoms with E-state index in [0.717, 1.165) is 0 Å². The summed E-state index contributed by atoms with van der Waals surface area (Å²) in [4.78, 5) is 14.5. The van der Waals surface area contributed by atoms with Crippen LogP contribution in [0.15, 0.2) is 18.3 Å². The van der Waals surface area contributed by atoms with Crippen LogP contribution in [0.5, 0.6) is 0 Å². The molecule has 0 aliphatic heterocycles. The predicted molar refractivity (Wildman–Crippen MR) is 55.8 cm³/mol. The lowest BCUT2D eigenvalue weighted by Crippen LogP contribution is -2.22. The standard InChI is InChI=1S/C10H14N2O4/c11-3-1-8(13)9(14)7-5-6(10(15)16)2-4-12-7/h2,4-5,8-9,13-14H,1,3,11H2,(H,15,16). The van der Waals surface area contributed by atoms with Crippen LogP contribution in [0, 0.1) is 0 Å². The molecule has 1 heterocycles. The van der Waals surface area contributed by atoms with E-state index in [4.69, 9.17) is 10.8 Å². The molecule has 0 spiro atoms. The molecular formula is C10H14N2O4. The zero-order valence-electron chi connectivity index (χ0n) is 8.58. The van der Waals surface area contributed by atoms with E-state index in [2.05, 4.69) is 4.98 Å². The molecule has 6 heteroatoms. The number of carboxylic acid groups (broad SMARTS) is 1. The Labute approximate surface area is 92.4 Å². The zero-order chi connectivity index (χ0) is 12.1. The number of aromatic carboxylic acids is 1. The molecule has 0 aliphatic rings. The number of nitrogens with two attached hydrogens (primary N) is 1. The van der Waals surface area contributed by atoms with Gasteiger partial charge in [-0.05, 0) is 25.1 Å². The van der Waals surface area contributed by atoms with Crippen LogP contribution < -0.4 is 5.73 Å². The van der Waals surface area contributed by atoms with Crippen molar-refractivity contribution in [2.45, 2.75) is 18.6 Å². The minimum atomic E-state index is -1.22. The summed E-state index contributed by atoms with van der Waals surface area (Å²) in [6.07, 6.45) is -0.762. The third kappa shape index (κ3) is 2.99. The SMILES string of the molecule is NCCC(O)C(O)c1cc(C(=O)O)ccn1. The summed E-state index contributed by atoms with van der Waals surface area (Å²) in [5, 5.41) is 27.9. The minimum absolute atomic E-state index is 0.0176. The topological polar surface area (TPSA) is 117 Å². The molecule has 0 aliphatic carbocycles. The third-order valence-electron chi connectivity index (χ3n) is 2.16. The molecule has 5 N–H and O–H groups in total. The third-order valence-corrected chi connectivity index (χ3v) is 2.16. The number of hydrogen-bond donors (Lipinski definition) is 4. The maximum absolute atomic E-state index is 10.7. The number of nitrogens with zero attached hydrogens (tertiary/aromatic N) is 1. The van der Waals surface area contributed by atoms with Crippen molar-refractivity contribution in [2.24, 2.45) is 5.73 Å². The van der Waals surface area contributed by atoms with Crippen LogP contribution in [0.3, 0.4) is 0 Å². The van der Waals surface area contributed by atoms with Crippen molar-refractivity contribution in [2.75, 3.05) is 6.54 Å². The predicted octanol–water partition coefficient (Wildman–Crippen LogP) is -0.477. The number of carbonyl (C=O) groups is 1. The normalized spacial score (nSPS) is 14.4. The van der Waals surface area contributed by atoms with Crippen LogP contribution >= 0.6 is 0 Å². The van der Waals surface area contributed by atoms with Gasteiger partial charge in [-0.2, -0.15) is 0 Å². The highest BCUT2D eigenvalue weighted by atomic mass is 16.4. The molecular weight excluding hydrogens is 212 g/mol. The highest BCUT2D eigenvalue weighted by Crippen LogP contribution is 2.17. The monoisotopic (exact) mass is 226 g/mol. The number of carboxylic acids is 1. The van der Waals surface area contributed by atoms with Gasteiger partial charge in [-0.25, -0.2) is 4.79 Å². The summed E-state index contributed by atoms with van der Waals surface area (Å²) in [7, 11) is 0. The number of rotatable bonds is 5. The van der Waals surface area contributed by atoms with E-state index in [1.165, 1.54) is 18.3 Å². The summed E-state index contributed by atoms with van der Waals surface area (Å²) in [5.41, 5.74) is 5.38. The summed E-state index contributed by atoms with van der Waals surface area (Å²) in [6.45, 7) is 0.233. The Balaban J connectivity index is 2.86. The Bertz CT molecular complexity index is 370. The largest absolute Gasteiger partial charge is 0.478 e. The lowest BCUT2D eigenvalue weighted by Gasteiger charge is -2.16. The van der Waals surface area contributed by atoms with Crippen LogP contribution in [-0.2, 0) is 0 Å². The van der Waals surface area contributed by atoms with Gasteiger partial charge in [0.25, 0.3) is 0 Å². The van der Waals surface area contributed by atoms with Crippen molar-refractivity contribution in [3.63, 3.8) is 0 Å². The van der Waals surface area contributed by atoms with Crippen molar-refractivity contribution >= 4 is 5.97 Å². The number of pyridine rings is 1. The summed E-state index contributed by atoms with van der Waals surface area (Å²) >= 11 is 0. The average molecular weight is 226 g/mol. The van der Waals surface area contributed by atoms with Crippen LogP contribution in [-0.4, -0.2) is 38.9 Å². The summed E-state index contributed by atoms with van der Waals surface area (Å²) < 4.78 is 0. The first-order valence-electron chi connectivity index (χ1n) is 4.81. The molecule has 0 bridgehead atoms. The Hall–Kier alpha value is -1.50. The Kier molecular flexibility index (Phi) is 4.36. The van der Waals surface area contributed by atoms with E-state index >= 15 is 0 Å². The second kappa shape index (κ2) is 5.55. The first-order chi connectivity index (χ1) is 7.56. The molecule has 0 fully saturated rings. The van der Waals surface area contributed by atoms with Gasteiger partial charge < -0.3 is 21.1 Å². The van der Waals surface area contributed by atoms with Gasteiger partial charge in [0.2, 0.25) is 0 Å². The first-order valence-corrected chi connectivity index (χ1v) is 4.81. The quantitative estimate of drug-likeness (QED) is 0.539. The lowest BCUT2D eigenvalue weighted by atomic mass is 10.1. The van der Waals surface area contributed by atoms with Gasteiger partial charge in [0.1, 0.15) is 6.10 Å². The van der Waals surface area contributed by atoms with Gasteiger partial charge in [0.15, 0.2) is 0 Å². The Morgan fingerprint density at radius 3 is 2.75 bits per heavy atom. The van der Waals surface area contributed by atoms with Crippen LogP contribution in [0.25, 0.3) is 0 Å². The molecule has 1 aromatic heterocycles. The van der Waals surface area contributed by atoms with E-state index < -0.39 is 18.2 Å². The van der Waals surface area contributed by atoms with Crippen molar-refractivity contribution < 1.29 is 20.1 Å². The van der Waals surface area contributed by atoms with Crippen LogP contribution in [0.2, 0.25) is 0 Å². The van der Waals surface area contributed by atoms with E-state index in [1.54, 1.807) is 0 Å². The minimum Gasteiger partial charge on any atom is -0.478 e. The molecule has 0 saturated heterocycles.